The van der Waals surface area contributed by atoms with Gasteiger partial charge in [0.25, 0.3) is 0 Å². The number of ether oxygens (including phenoxy) is 1. The molecule has 2 aromatic carbocycles. The van der Waals surface area contributed by atoms with E-state index in [0.717, 1.165) is 22.8 Å². The molecule has 0 aliphatic carbocycles. The van der Waals surface area contributed by atoms with Crippen molar-refractivity contribution in [2.45, 2.75) is 19.8 Å². The molecule has 0 radical (unpaired) electrons. The number of carboxylic acid groups (broad SMARTS) is 1. The molecule has 0 fully saturated rings. The maximum atomic E-state index is 11.6. The highest BCUT2D eigenvalue weighted by molar-refractivity contribution is 5.87. The molecule has 0 bridgehead atoms. The molecule has 0 atom stereocenters. The lowest BCUT2D eigenvalue weighted by molar-refractivity contribution is -0.139. The van der Waals surface area contributed by atoms with Gasteiger partial charge in [0.2, 0.25) is 0 Å². The van der Waals surface area contributed by atoms with E-state index in [2.05, 4.69) is 10.6 Å². The summed E-state index contributed by atoms with van der Waals surface area (Å²) < 4.78 is 5.24. The second-order valence-corrected chi connectivity index (χ2v) is 5.42. The summed E-state index contributed by atoms with van der Waals surface area (Å²) in [5.74, 6) is -0.489. The number of amides is 2. The van der Waals surface area contributed by atoms with Gasteiger partial charge in [-0.05, 0) is 41.3 Å². The van der Waals surface area contributed by atoms with E-state index in [4.69, 9.17) is 9.84 Å². The van der Waals surface area contributed by atoms with Crippen molar-refractivity contribution in [2.24, 2.45) is 0 Å². The first-order chi connectivity index (χ1) is 11.6. The molecule has 6 nitrogen and oxygen atoms in total. The van der Waals surface area contributed by atoms with Crippen LogP contribution in [0.15, 0.2) is 36.4 Å². The maximum absolute atomic E-state index is 11.6. The summed E-state index contributed by atoms with van der Waals surface area (Å²) in [7, 11) is 0. The van der Waals surface area contributed by atoms with Gasteiger partial charge in [-0.15, -0.1) is 0 Å². The molecule has 3 N–H and O–H groups in total. The molecule has 0 saturated carbocycles. The predicted molar refractivity (Wildman–Crippen MR) is 92.5 cm³/mol. The highest BCUT2D eigenvalue weighted by Crippen LogP contribution is 2.24. The largest absolute Gasteiger partial charge is 0.482 e. The molecule has 2 amide bonds. The molecule has 0 aliphatic heterocycles. The second kappa shape index (κ2) is 8.76. The molecule has 0 unspecified atom stereocenters. The lowest BCUT2D eigenvalue weighted by atomic mass is 10.0. The number of benzene rings is 2. The Labute approximate surface area is 140 Å². The van der Waals surface area contributed by atoms with Crippen molar-refractivity contribution >= 4 is 22.8 Å². The topological polar surface area (TPSA) is 87.7 Å². The molecule has 0 heterocycles. The summed E-state index contributed by atoms with van der Waals surface area (Å²) in [5.41, 5.74) is 1.07. The Kier molecular flexibility index (Phi) is 6.42. The van der Waals surface area contributed by atoms with Crippen LogP contribution in [0.5, 0.6) is 5.75 Å². The SMILES string of the molecule is CCCNC(=O)NCCc1cccc2ccc(OCC(=O)O)cc12. The first-order valence-corrected chi connectivity index (χ1v) is 7.98. The molecular weight excluding hydrogens is 308 g/mol. The fourth-order valence-electron chi connectivity index (χ4n) is 2.38. The third-order valence-electron chi connectivity index (χ3n) is 3.52. The molecule has 2 rings (SSSR count). The van der Waals surface area contributed by atoms with E-state index in [1.807, 2.05) is 37.3 Å². The zero-order valence-corrected chi connectivity index (χ0v) is 13.7. The second-order valence-electron chi connectivity index (χ2n) is 5.42. The number of carbonyl (C=O) groups excluding carboxylic acids is 1. The van der Waals surface area contributed by atoms with Crippen LogP contribution in [0.2, 0.25) is 0 Å². The van der Waals surface area contributed by atoms with E-state index < -0.39 is 5.97 Å². The van der Waals surface area contributed by atoms with Gasteiger partial charge in [-0.3, -0.25) is 0 Å². The highest BCUT2D eigenvalue weighted by atomic mass is 16.5. The summed E-state index contributed by atoms with van der Waals surface area (Å²) in [6.07, 6.45) is 1.58. The van der Waals surface area contributed by atoms with Crippen LogP contribution in [0.1, 0.15) is 18.9 Å². The van der Waals surface area contributed by atoms with E-state index >= 15 is 0 Å². The number of fused-ring (bicyclic) bond motifs is 1. The molecule has 6 heteroatoms. The Morgan fingerprint density at radius 3 is 2.67 bits per heavy atom. The van der Waals surface area contributed by atoms with Crippen molar-refractivity contribution in [3.05, 3.63) is 42.0 Å². The van der Waals surface area contributed by atoms with Crippen molar-refractivity contribution < 1.29 is 19.4 Å². The Morgan fingerprint density at radius 1 is 1.12 bits per heavy atom. The first-order valence-electron chi connectivity index (χ1n) is 7.98. The predicted octanol–water partition coefficient (Wildman–Crippen LogP) is 2.55. The fraction of sp³-hybridized carbons (Fsp3) is 0.333. The minimum Gasteiger partial charge on any atom is -0.482 e. The number of carbonyl (C=O) groups is 2. The Balaban J connectivity index is 2.04. The van der Waals surface area contributed by atoms with Crippen LogP contribution in [-0.4, -0.2) is 36.8 Å². The van der Waals surface area contributed by atoms with Crippen molar-refractivity contribution in [3.8, 4) is 5.75 Å². The lowest BCUT2D eigenvalue weighted by Crippen LogP contribution is -2.36. The van der Waals surface area contributed by atoms with E-state index in [0.29, 0.717) is 25.3 Å². The number of hydrogen-bond donors (Lipinski definition) is 3. The van der Waals surface area contributed by atoms with Gasteiger partial charge < -0.3 is 20.5 Å². The van der Waals surface area contributed by atoms with Gasteiger partial charge in [-0.2, -0.15) is 0 Å². The molecule has 24 heavy (non-hydrogen) atoms. The standard InChI is InChI=1S/C18H22N2O4/c1-2-9-19-18(23)20-10-8-14-5-3-4-13-6-7-15(11-16(13)14)24-12-17(21)22/h3-7,11H,2,8-10,12H2,1H3,(H,21,22)(H2,19,20,23). The van der Waals surface area contributed by atoms with Crippen LogP contribution in [0.4, 0.5) is 4.79 Å². The minimum absolute atomic E-state index is 0.164. The highest BCUT2D eigenvalue weighted by Gasteiger charge is 2.06. The average molecular weight is 330 g/mol. The summed E-state index contributed by atoms with van der Waals surface area (Å²) in [6.45, 7) is 2.81. The van der Waals surface area contributed by atoms with Crippen molar-refractivity contribution in [2.75, 3.05) is 19.7 Å². The van der Waals surface area contributed by atoms with Crippen LogP contribution in [-0.2, 0) is 11.2 Å². The lowest BCUT2D eigenvalue weighted by Gasteiger charge is -2.10. The van der Waals surface area contributed by atoms with Crippen LogP contribution < -0.4 is 15.4 Å². The van der Waals surface area contributed by atoms with Gasteiger partial charge in [0, 0.05) is 13.1 Å². The third-order valence-corrected chi connectivity index (χ3v) is 3.52. The summed E-state index contributed by atoms with van der Waals surface area (Å²) in [5, 5.41) is 16.3. The molecule has 128 valence electrons. The first kappa shape index (κ1) is 17.6. The normalized spacial score (nSPS) is 10.4. The molecule has 2 aromatic rings. The van der Waals surface area contributed by atoms with Crippen LogP contribution >= 0.6 is 0 Å². The number of rotatable bonds is 8. The zero-order chi connectivity index (χ0) is 17.4. The van der Waals surface area contributed by atoms with Crippen LogP contribution in [0.3, 0.4) is 0 Å². The Morgan fingerprint density at radius 2 is 1.92 bits per heavy atom. The van der Waals surface area contributed by atoms with Crippen LogP contribution in [0, 0.1) is 0 Å². The van der Waals surface area contributed by atoms with Gasteiger partial charge in [-0.25, -0.2) is 9.59 Å². The van der Waals surface area contributed by atoms with Gasteiger partial charge in [0.05, 0.1) is 0 Å². The van der Waals surface area contributed by atoms with Crippen molar-refractivity contribution in [1.82, 2.24) is 10.6 Å². The number of hydrogen-bond acceptors (Lipinski definition) is 3. The number of carboxylic acids is 1. The van der Waals surface area contributed by atoms with Gasteiger partial charge in [-0.1, -0.05) is 31.2 Å². The monoisotopic (exact) mass is 330 g/mol. The molecule has 0 spiro atoms. The Hall–Kier alpha value is -2.76. The summed E-state index contributed by atoms with van der Waals surface area (Å²) >= 11 is 0. The van der Waals surface area contributed by atoms with Crippen molar-refractivity contribution in [1.29, 1.82) is 0 Å². The van der Waals surface area contributed by atoms with Gasteiger partial charge in [0.1, 0.15) is 5.75 Å². The quantitative estimate of drug-likeness (QED) is 0.694. The smallest absolute Gasteiger partial charge is 0.341 e. The summed E-state index contributed by atoms with van der Waals surface area (Å²) in [6, 6.07) is 11.3. The minimum atomic E-state index is -1.01. The van der Waals surface area contributed by atoms with E-state index in [9.17, 15) is 9.59 Å². The van der Waals surface area contributed by atoms with E-state index in [1.54, 1.807) is 6.07 Å². The fourth-order valence-corrected chi connectivity index (χ4v) is 2.38. The van der Waals surface area contributed by atoms with Crippen LogP contribution in [0.25, 0.3) is 10.8 Å². The number of aliphatic carboxylic acids is 1. The van der Waals surface area contributed by atoms with E-state index in [-0.39, 0.29) is 12.6 Å². The number of urea groups is 1. The van der Waals surface area contributed by atoms with E-state index in [1.165, 1.54) is 0 Å². The number of nitrogens with one attached hydrogen (secondary N) is 2. The molecule has 0 aromatic heterocycles. The average Bonchev–Trinajstić information content (AvgIpc) is 2.58. The third kappa shape index (κ3) is 5.15. The zero-order valence-electron chi connectivity index (χ0n) is 13.7. The molecule has 0 aliphatic rings. The van der Waals surface area contributed by atoms with Crippen molar-refractivity contribution in [3.63, 3.8) is 0 Å². The molecular formula is C18H22N2O4. The summed E-state index contributed by atoms with van der Waals surface area (Å²) in [4.78, 5) is 22.2. The Bertz CT molecular complexity index is 715. The molecule has 0 saturated heterocycles. The maximum Gasteiger partial charge on any atom is 0.341 e. The van der Waals surface area contributed by atoms with Gasteiger partial charge in [0.15, 0.2) is 6.61 Å². The van der Waals surface area contributed by atoms with Gasteiger partial charge >= 0.3 is 12.0 Å².